The average molecular weight is 302 g/mol. The van der Waals surface area contributed by atoms with E-state index in [0.29, 0.717) is 18.5 Å². The van der Waals surface area contributed by atoms with Gasteiger partial charge in [0.1, 0.15) is 0 Å². The lowest BCUT2D eigenvalue weighted by molar-refractivity contribution is -0.131. The third-order valence-corrected chi connectivity index (χ3v) is 5.60. The van der Waals surface area contributed by atoms with E-state index in [9.17, 15) is 4.79 Å². The van der Waals surface area contributed by atoms with E-state index in [1.165, 1.54) is 10.1 Å². The molecule has 1 fully saturated rings. The second-order valence-corrected chi connectivity index (χ2v) is 6.92. The van der Waals surface area contributed by atoms with Gasteiger partial charge in [0.15, 0.2) is 0 Å². The fraction of sp³-hybridized carbons (Fsp3) is 0.471. The first-order chi connectivity index (χ1) is 10.1. The third kappa shape index (κ3) is 3.11. The standard InChI is InChI=1S/C17H22N2OS/c1-19(14-8-6-13(18)7-9-14)17(20)10-12-11-21-16-5-3-2-4-15(12)16/h2-5,11,13-14H,6-10,18H2,1H3. The van der Waals surface area contributed by atoms with E-state index in [2.05, 4.69) is 17.5 Å². The summed E-state index contributed by atoms with van der Waals surface area (Å²) in [5.41, 5.74) is 7.10. The van der Waals surface area contributed by atoms with E-state index in [1.54, 1.807) is 11.3 Å². The molecule has 0 unspecified atom stereocenters. The maximum absolute atomic E-state index is 12.5. The molecule has 1 aliphatic carbocycles. The third-order valence-electron chi connectivity index (χ3n) is 4.59. The Labute approximate surface area is 129 Å². The molecular formula is C17H22N2OS. The summed E-state index contributed by atoms with van der Waals surface area (Å²) in [5.74, 6) is 0.221. The van der Waals surface area contributed by atoms with E-state index in [0.717, 1.165) is 31.2 Å². The zero-order valence-electron chi connectivity index (χ0n) is 12.4. The van der Waals surface area contributed by atoms with Gasteiger partial charge < -0.3 is 10.6 Å². The molecule has 0 saturated heterocycles. The number of nitrogens with two attached hydrogens (primary N) is 1. The maximum atomic E-state index is 12.5. The van der Waals surface area contributed by atoms with Crippen LogP contribution in [0.5, 0.6) is 0 Å². The molecule has 1 saturated carbocycles. The first kappa shape index (κ1) is 14.5. The highest BCUT2D eigenvalue weighted by atomic mass is 32.1. The molecule has 0 spiro atoms. The van der Waals surface area contributed by atoms with Gasteiger partial charge in [0.05, 0.1) is 6.42 Å². The van der Waals surface area contributed by atoms with Crippen LogP contribution in [-0.4, -0.2) is 29.9 Å². The minimum absolute atomic E-state index is 0.221. The lowest BCUT2D eigenvalue weighted by atomic mass is 9.91. The van der Waals surface area contributed by atoms with Crippen molar-refractivity contribution in [2.45, 2.75) is 44.2 Å². The summed E-state index contributed by atoms with van der Waals surface area (Å²) in [4.78, 5) is 14.5. The van der Waals surface area contributed by atoms with Gasteiger partial charge in [-0.25, -0.2) is 0 Å². The smallest absolute Gasteiger partial charge is 0.227 e. The van der Waals surface area contributed by atoms with Gasteiger partial charge in [0, 0.05) is 23.8 Å². The molecule has 112 valence electrons. The quantitative estimate of drug-likeness (QED) is 0.946. The fourth-order valence-electron chi connectivity index (χ4n) is 3.15. The highest BCUT2D eigenvalue weighted by molar-refractivity contribution is 7.17. The Kier molecular flexibility index (Phi) is 4.27. The van der Waals surface area contributed by atoms with E-state index in [1.807, 2.05) is 24.1 Å². The number of rotatable bonds is 3. The molecule has 2 aromatic rings. The Morgan fingerprint density at radius 3 is 2.76 bits per heavy atom. The number of likely N-dealkylation sites (N-methyl/N-ethyl adjacent to an activating group) is 1. The highest BCUT2D eigenvalue weighted by Crippen LogP contribution is 2.27. The normalized spacial score (nSPS) is 22.4. The number of fused-ring (bicyclic) bond motifs is 1. The Bertz CT molecular complexity index is 629. The van der Waals surface area contributed by atoms with Crippen molar-refractivity contribution in [2.24, 2.45) is 5.73 Å². The number of hydrogen-bond donors (Lipinski definition) is 1. The molecule has 0 atom stereocenters. The average Bonchev–Trinajstić information content (AvgIpc) is 2.91. The molecule has 1 aromatic heterocycles. The monoisotopic (exact) mass is 302 g/mol. The minimum Gasteiger partial charge on any atom is -0.342 e. The fourth-order valence-corrected chi connectivity index (χ4v) is 4.11. The second kappa shape index (κ2) is 6.16. The van der Waals surface area contributed by atoms with Crippen LogP contribution in [0.25, 0.3) is 10.1 Å². The molecule has 1 aromatic carbocycles. The number of amides is 1. The molecular weight excluding hydrogens is 280 g/mol. The summed E-state index contributed by atoms with van der Waals surface area (Å²) in [5, 5.41) is 3.34. The van der Waals surface area contributed by atoms with Crippen LogP contribution in [-0.2, 0) is 11.2 Å². The van der Waals surface area contributed by atoms with Crippen LogP contribution in [0.1, 0.15) is 31.2 Å². The van der Waals surface area contributed by atoms with Crippen molar-refractivity contribution in [2.75, 3.05) is 7.05 Å². The van der Waals surface area contributed by atoms with Gasteiger partial charge in [-0.05, 0) is 48.1 Å². The molecule has 4 heteroatoms. The Balaban J connectivity index is 1.68. The molecule has 3 nitrogen and oxygen atoms in total. The number of benzene rings is 1. The minimum atomic E-state index is 0.221. The number of nitrogens with zero attached hydrogens (tertiary/aromatic N) is 1. The van der Waals surface area contributed by atoms with Crippen LogP contribution in [0.3, 0.4) is 0 Å². The zero-order chi connectivity index (χ0) is 14.8. The Morgan fingerprint density at radius 2 is 2.00 bits per heavy atom. The topological polar surface area (TPSA) is 46.3 Å². The van der Waals surface area contributed by atoms with Crippen LogP contribution in [0.15, 0.2) is 29.6 Å². The van der Waals surface area contributed by atoms with Gasteiger partial charge in [0.2, 0.25) is 5.91 Å². The summed E-state index contributed by atoms with van der Waals surface area (Å²) >= 11 is 1.72. The van der Waals surface area contributed by atoms with Gasteiger partial charge in [-0.2, -0.15) is 0 Å². The molecule has 0 bridgehead atoms. The van der Waals surface area contributed by atoms with E-state index in [4.69, 9.17) is 5.73 Å². The van der Waals surface area contributed by atoms with E-state index < -0.39 is 0 Å². The van der Waals surface area contributed by atoms with Crippen LogP contribution in [0, 0.1) is 0 Å². The summed E-state index contributed by atoms with van der Waals surface area (Å²) in [6.07, 6.45) is 4.64. The molecule has 0 radical (unpaired) electrons. The van der Waals surface area contributed by atoms with Crippen molar-refractivity contribution < 1.29 is 4.79 Å². The van der Waals surface area contributed by atoms with Crippen LogP contribution in [0.4, 0.5) is 0 Å². The predicted molar refractivity (Wildman–Crippen MR) is 88.5 cm³/mol. The van der Waals surface area contributed by atoms with Crippen LogP contribution in [0.2, 0.25) is 0 Å². The Hall–Kier alpha value is -1.39. The zero-order valence-corrected chi connectivity index (χ0v) is 13.2. The van der Waals surface area contributed by atoms with Gasteiger partial charge in [-0.15, -0.1) is 11.3 Å². The number of carbonyl (C=O) groups excluding carboxylic acids is 1. The second-order valence-electron chi connectivity index (χ2n) is 6.01. The van der Waals surface area contributed by atoms with Gasteiger partial charge in [0.25, 0.3) is 0 Å². The lowest BCUT2D eigenvalue weighted by Gasteiger charge is -2.33. The summed E-state index contributed by atoms with van der Waals surface area (Å²) in [6.45, 7) is 0. The summed E-state index contributed by atoms with van der Waals surface area (Å²) in [6, 6.07) is 8.98. The summed E-state index contributed by atoms with van der Waals surface area (Å²) < 4.78 is 1.26. The molecule has 21 heavy (non-hydrogen) atoms. The van der Waals surface area contributed by atoms with Gasteiger partial charge in [-0.3, -0.25) is 4.79 Å². The van der Waals surface area contributed by atoms with Crippen molar-refractivity contribution in [3.05, 3.63) is 35.2 Å². The molecule has 1 aliphatic rings. The number of carbonyl (C=O) groups is 1. The number of hydrogen-bond acceptors (Lipinski definition) is 3. The van der Waals surface area contributed by atoms with E-state index in [-0.39, 0.29) is 5.91 Å². The van der Waals surface area contributed by atoms with Crippen molar-refractivity contribution >= 4 is 27.3 Å². The van der Waals surface area contributed by atoms with Crippen molar-refractivity contribution in [3.8, 4) is 0 Å². The summed E-state index contributed by atoms with van der Waals surface area (Å²) in [7, 11) is 1.94. The molecule has 2 N–H and O–H groups in total. The predicted octanol–water partition coefficient (Wildman–Crippen LogP) is 3.17. The van der Waals surface area contributed by atoms with Gasteiger partial charge >= 0.3 is 0 Å². The van der Waals surface area contributed by atoms with Crippen molar-refractivity contribution in [3.63, 3.8) is 0 Å². The van der Waals surface area contributed by atoms with E-state index >= 15 is 0 Å². The van der Waals surface area contributed by atoms with Crippen LogP contribution < -0.4 is 5.73 Å². The molecule has 1 heterocycles. The van der Waals surface area contributed by atoms with Crippen LogP contribution >= 0.6 is 11.3 Å². The molecule has 3 rings (SSSR count). The Morgan fingerprint density at radius 1 is 1.29 bits per heavy atom. The molecule has 1 amide bonds. The van der Waals surface area contributed by atoms with Crippen molar-refractivity contribution in [1.29, 1.82) is 0 Å². The SMILES string of the molecule is CN(C(=O)Cc1csc2ccccc12)C1CCC(N)CC1. The molecule has 0 aliphatic heterocycles. The first-order valence-corrected chi connectivity index (χ1v) is 8.49. The first-order valence-electron chi connectivity index (χ1n) is 7.61. The maximum Gasteiger partial charge on any atom is 0.227 e. The highest BCUT2D eigenvalue weighted by Gasteiger charge is 2.25. The number of thiophene rings is 1. The lowest BCUT2D eigenvalue weighted by Crippen LogP contribution is -2.42. The van der Waals surface area contributed by atoms with Crippen molar-refractivity contribution in [1.82, 2.24) is 4.90 Å². The van der Waals surface area contributed by atoms with Gasteiger partial charge in [-0.1, -0.05) is 18.2 Å². The largest absolute Gasteiger partial charge is 0.342 e.